The van der Waals surface area contributed by atoms with Crippen LogP contribution in [0.3, 0.4) is 0 Å². The summed E-state index contributed by atoms with van der Waals surface area (Å²) < 4.78 is 0. The van der Waals surface area contributed by atoms with E-state index in [1.54, 1.807) is 18.2 Å². The molecule has 4 saturated carbocycles. The Hall–Kier alpha value is -0.770. The molecule has 24 heavy (non-hydrogen) atoms. The Bertz CT molecular complexity index is 625. The van der Waals surface area contributed by atoms with Crippen molar-refractivity contribution in [3.63, 3.8) is 0 Å². The zero-order chi connectivity index (χ0) is 16.9. The van der Waals surface area contributed by atoms with Crippen LogP contribution in [-0.2, 0) is 4.79 Å². The Morgan fingerprint density at radius 3 is 2.25 bits per heavy atom. The van der Waals surface area contributed by atoms with E-state index in [2.05, 4.69) is 17.3 Å². The predicted octanol–water partition coefficient (Wildman–Crippen LogP) is 4.83. The zero-order valence-electron chi connectivity index (χ0n) is 14.0. The summed E-state index contributed by atoms with van der Waals surface area (Å²) in [5.41, 5.74) is 0.956. The minimum absolute atomic E-state index is 0.0200. The van der Waals surface area contributed by atoms with E-state index in [4.69, 9.17) is 23.2 Å². The second-order valence-corrected chi connectivity index (χ2v) is 8.99. The number of nitrogens with zero attached hydrogens (tertiary/aromatic N) is 1. The third kappa shape index (κ3) is 3.07. The number of amides is 1. The molecule has 0 unspecified atom stereocenters. The van der Waals surface area contributed by atoms with Crippen molar-refractivity contribution in [2.75, 3.05) is 18.9 Å². The molecule has 4 fully saturated rings. The topological polar surface area (TPSA) is 32.3 Å². The number of nitrogens with one attached hydrogen (secondary N) is 1. The van der Waals surface area contributed by atoms with Gasteiger partial charge in [0.15, 0.2) is 0 Å². The van der Waals surface area contributed by atoms with Crippen LogP contribution in [0.2, 0.25) is 10.0 Å². The molecule has 0 heterocycles. The van der Waals surface area contributed by atoms with Crippen molar-refractivity contribution in [1.29, 1.82) is 0 Å². The Morgan fingerprint density at radius 2 is 1.71 bits per heavy atom. The van der Waals surface area contributed by atoms with Gasteiger partial charge in [-0.05, 0) is 81.5 Å². The SMILES string of the molecule is CN(CC(=O)Nc1ccc(Cl)c(Cl)c1)C12CC3CC(CC(C3)C1)C2. The molecule has 0 atom stereocenters. The van der Waals surface area contributed by atoms with Crippen molar-refractivity contribution in [2.45, 2.75) is 44.1 Å². The first kappa shape index (κ1) is 16.7. The molecule has 5 heteroatoms. The number of anilines is 1. The fraction of sp³-hybridized carbons (Fsp3) is 0.632. The standard InChI is InChI=1S/C19H24Cl2N2O/c1-23(11-18(24)22-15-2-3-16(20)17(21)7-15)19-8-12-4-13(9-19)6-14(5-12)10-19/h2-3,7,12-14H,4-6,8-11H2,1H3,(H,22,24). The zero-order valence-corrected chi connectivity index (χ0v) is 15.5. The number of halogens is 2. The van der Waals surface area contributed by atoms with Gasteiger partial charge in [-0.2, -0.15) is 0 Å². The van der Waals surface area contributed by atoms with Crippen LogP contribution in [0.1, 0.15) is 38.5 Å². The van der Waals surface area contributed by atoms with Gasteiger partial charge < -0.3 is 5.32 Å². The van der Waals surface area contributed by atoms with Gasteiger partial charge in [-0.1, -0.05) is 23.2 Å². The lowest BCUT2D eigenvalue weighted by Crippen LogP contribution is -2.59. The van der Waals surface area contributed by atoms with E-state index in [1.807, 2.05) is 0 Å². The predicted molar refractivity (Wildman–Crippen MR) is 98.6 cm³/mol. The number of hydrogen-bond donors (Lipinski definition) is 1. The Morgan fingerprint density at radius 1 is 1.12 bits per heavy atom. The van der Waals surface area contributed by atoms with Crippen molar-refractivity contribution in [2.24, 2.45) is 17.8 Å². The summed E-state index contributed by atoms with van der Waals surface area (Å²) in [4.78, 5) is 14.8. The Labute approximate surface area is 153 Å². The number of carbonyl (C=O) groups excluding carboxylic acids is 1. The van der Waals surface area contributed by atoms with Crippen LogP contribution < -0.4 is 5.32 Å². The second kappa shape index (κ2) is 6.19. The molecule has 0 radical (unpaired) electrons. The van der Waals surface area contributed by atoms with Crippen molar-refractivity contribution in [1.82, 2.24) is 4.90 Å². The number of carbonyl (C=O) groups is 1. The Balaban J connectivity index is 1.41. The van der Waals surface area contributed by atoms with E-state index >= 15 is 0 Å². The molecule has 1 amide bonds. The third-order valence-electron chi connectivity index (χ3n) is 6.40. The molecular formula is C19H24Cl2N2O. The summed E-state index contributed by atoms with van der Waals surface area (Å²) in [6, 6.07) is 5.20. The number of likely N-dealkylation sites (N-methyl/N-ethyl adjacent to an activating group) is 1. The van der Waals surface area contributed by atoms with E-state index in [0.29, 0.717) is 22.3 Å². The van der Waals surface area contributed by atoms with Crippen LogP contribution >= 0.6 is 23.2 Å². The highest BCUT2D eigenvalue weighted by atomic mass is 35.5. The molecule has 3 nitrogen and oxygen atoms in total. The lowest BCUT2D eigenvalue weighted by atomic mass is 9.52. The molecule has 0 aliphatic heterocycles. The molecule has 4 aliphatic carbocycles. The monoisotopic (exact) mass is 366 g/mol. The Kier molecular flexibility index (Phi) is 4.30. The molecule has 4 aliphatic rings. The minimum atomic E-state index is 0.0200. The van der Waals surface area contributed by atoms with Gasteiger partial charge in [0.05, 0.1) is 16.6 Å². The molecule has 0 aromatic heterocycles. The molecule has 0 spiro atoms. The fourth-order valence-corrected chi connectivity index (χ4v) is 5.99. The van der Waals surface area contributed by atoms with Gasteiger partial charge in [-0.15, -0.1) is 0 Å². The van der Waals surface area contributed by atoms with E-state index in [9.17, 15) is 4.79 Å². The lowest BCUT2D eigenvalue weighted by molar-refractivity contribution is -0.123. The van der Waals surface area contributed by atoms with Gasteiger partial charge in [0, 0.05) is 11.2 Å². The lowest BCUT2D eigenvalue weighted by Gasteiger charge is -2.59. The molecular weight excluding hydrogens is 343 g/mol. The van der Waals surface area contributed by atoms with Gasteiger partial charge in [0.2, 0.25) is 5.91 Å². The molecule has 0 saturated heterocycles. The highest BCUT2D eigenvalue weighted by molar-refractivity contribution is 6.42. The average Bonchev–Trinajstić information content (AvgIpc) is 2.49. The average molecular weight is 367 g/mol. The van der Waals surface area contributed by atoms with Gasteiger partial charge >= 0.3 is 0 Å². The number of benzene rings is 1. The number of hydrogen-bond acceptors (Lipinski definition) is 2. The first-order chi connectivity index (χ1) is 11.4. The molecule has 4 bridgehead atoms. The van der Waals surface area contributed by atoms with Gasteiger partial charge in [-0.25, -0.2) is 0 Å². The van der Waals surface area contributed by atoms with Crippen molar-refractivity contribution >= 4 is 34.8 Å². The molecule has 1 N–H and O–H groups in total. The van der Waals surface area contributed by atoms with E-state index in [0.717, 1.165) is 17.8 Å². The van der Waals surface area contributed by atoms with Crippen LogP contribution in [0, 0.1) is 17.8 Å². The van der Waals surface area contributed by atoms with Crippen LogP contribution in [0.15, 0.2) is 18.2 Å². The van der Waals surface area contributed by atoms with Crippen molar-refractivity contribution in [3.05, 3.63) is 28.2 Å². The summed E-state index contributed by atoms with van der Waals surface area (Å²) in [5, 5.41) is 3.91. The first-order valence-corrected chi connectivity index (χ1v) is 9.65. The van der Waals surface area contributed by atoms with Gasteiger partial charge in [0.25, 0.3) is 0 Å². The quantitative estimate of drug-likeness (QED) is 0.827. The van der Waals surface area contributed by atoms with Crippen LogP contribution in [0.4, 0.5) is 5.69 Å². The van der Waals surface area contributed by atoms with Gasteiger partial charge in [0.1, 0.15) is 0 Å². The number of rotatable bonds is 4. The second-order valence-electron chi connectivity index (χ2n) is 8.18. The van der Waals surface area contributed by atoms with E-state index in [1.165, 1.54) is 38.5 Å². The maximum atomic E-state index is 12.5. The van der Waals surface area contributed by atoms with Crippen LogP contribution in [0.5, 0.6) is 0 Å². The summed E-state index contributed by atoms with van der Waals surface area (Å²) in [6.07, 6.45) is 8.08. The van der Waals surface area contributed by atoms with Crippen LogP contribution in [0.25, 0.3) is 0 Å². The van der Waals surface area contributed by atoms with Crippen molar-refractivity contribution in [3.8, 4) is 0 Å². The summed E-state index contributed by atoms with van der Waals surface area (Å²) in [5.74, 6) is 2.68. The molecule has 5 rings (SSSR count). The summed E-state index contributed by atoms with van der Waals surface area (Å²) >= 11 is 11.9. The van der Waals surface area contributed by atoms with E-state index < -0.39 is 0 Å². The molecule has 1 aromatic carbocycles. The minimum Gasteiger partial charge on any atom is -0.325 e. The van der Waals surface area contributed by atoms with E-state index in [-0.39, 0.29) is 11.4 Å². The highest BCUT2D eigenvalue weighted by Gasteiger charge is 2.52. The van der Waals surface area contributed by atoms with Crippen molar-refractivity contribution < 1.29 is 4.79 Å². The van der Waals surface area contributed by atoms with Gasteiger partial charge in [-0.3, -0.25) is 9.69 Å². The highest BCUT2D eigenvalue weighted by Crippen LogP contribution is 2.57. The molecule has 130 valence electrons. The maximum Gasteiger partial charge on any atom is 0.238 e. The smallest absolute Gasteiger partial charge is 0.238 e. The summed E-state index contributed by atoms with van der Waals surface area (Å²) in [6.45, 7) is 0.437. The molecule has 1 aromatic rings. The fourth-order valence-electron chi connectivity index (χ4n) is 5.69. The third-order valence-corrected chi connectivity index (χ3v) is 7.14. The largest absolute Gasteiger partial charge is 0.325 e. The first-order valence-electron chi connectivity index (χ1n) is 8.90. The summed E-state index contributed by atoms with van der Waals surface area (Å²) in [7, 11) is 2.13. The normalized spacial score (nSPS) is 33.9. The maximum absolute atomic E-state index is 12.5. The van der Waals surface area contributed by atoms with Crippen LogP contribution in [-0.4, -0.2) is 29.9 Å².